The van der Waals surface area contributed by atoms with Gasteiger partial charge in [-0.25, -0.2) is 4.52 Å². The average molecular weight is 526 g/mol. The summed E-state index contributed by atoms with van der Waals surface area (Å²) in [6.07, 6.45) is 2.44. The summed E-state index contributed by atoms with van der Waals surface area (Å²) in [5.74, 6) is 0.551. The lowest BCUT2D eigenvalue weighted by Gasteiger charge is -2.13. The summed E-state index contributed by atoms with van der Waals surface area (Å²) >= 11 is 0. The van der Waals surface area contributed by atoms with E-state index < -0.39 is 0 Å². The van der Waals surface area contributed by atoms with Gasteiger partial charge in [-0.05, 0) is 64.9 Å². The number of rotatable bonds is 4. The van der Waals surface area contributed by atoms with E-state index in [2.05, 4.69) is 143 Å². The molecule has 0 bridgehead atoms. The standard InChI is InChI=1S/C38H27N3/c1-2-15-29(16-3-1)40-33-20-9-6-13-28(33)24-35(40)37-36(32-19-10-14-25-11-4-7-17-30(25)32)38-31-18-8-5-12-27(31)23-34(26-21-22-26)41(38)39-37/h1-20,23-24,26H,21-22H2. The van der Waals surface area contributed by atoms with Gasteiger partial charge in [-0.1, -0.05) is 103 Å². The van der Waals surface area contributed by atoms with Gasteiger partial charge < -0.3 is 4.57 Å². The van der Waals surface area contributed by atoms with Crippen LogP contribution in [0.1, 0.15) is 24.5 Å². The van der Waals surface area contributed by atoms with Crippen LogP contribution in [0.25, 0.3) is 66.2 Å². The molecule has 1 saturated carbocycles. The molecule has 1 aliphatic carbocycles. The third-order valence-electron chi connectivity index (χ3n) is 8.67. The van der Waals surface area contributed by atoms with Gasteiger partial charge in [0.25, 0.3) is 0 Å². The van der Waals surface area contributed by atoms with Gasteiger partial charge >= 0.3 is 0 Å². The van der Waals surface area contributed by atoms with E-state index in [1.54, 1.807) is 0 Å². The van der Waals surface area contributed by atoms with E-state index in [4.69, 9.17) is 5.10 Å². The number of pyridine rings is 1. The minimum Gasteiger partial charge on any atom is -0.308 e. The van der Waals surface area contributed by atoms with Crippen LogP contribution in [0, 0.1) is 0 Å². The van der Waals surface area contributed by atoms with Crippen LogP contribution in [0.15, 0.2) is 133 Å². The first-order valence-electron chi connectivity index (χ1n) is 14.4. The monoisotopic (exact) mass is 525 g/mol. The van der Waals surface area contributed by atoms with Gasteiger partial charge in [0.05, 0.1) is 16.7 Å². The van der Waals surface area contributed by atoms with Gasteiger partial charge in [0.15, 0.2) is 0 Å². The quantitative estimate of drug-likeness (QED) is 0.224. The Hall–Kier alpha value is -5.15. The predicted octanol–water partition coefficient (Wildman–Crippen LogP) is 9.80. The number of nitrogens with zero attached hydrogens (tertiary/aromatic N) is 3. The molecule has 5 aromatic carbocycles. The van der Waals surface area contributed by atoms with Gasteiger partial charge in [0.2, 0.25) is 0 Å². The number of hydrogen-bond acceptors (Lipinski definition) is 1. The third-order valence-corrected chi connectivity index (χ3v) is 8.67. The molecule has 1 fully saturated rings. The summed E-state index contributed by atoms with van der Waals surface area (Å²) in [6.45, 7) is 0. The van der Waals surface area contributed by atoms with Crippen molar-refractivity contribution in [2.24, 2.45) is 0 Å². The van der Waals surface area contributed by atoms with Crippen molar-refractivity contribution in [2.45, 2.75) is 18.8 Å². The van der Waals surface area contributed by atoms with Crippen LogP contribution in [0.4, 0.5) is 0 Å². The third kappa shape index (κ3) is 3.42. The molecule has 3 aromatic heterocycles. The molecular formula is C38H27N3. The highest BCUT2D eigenvalue weighted by atomic mass is 15.2. The molecule has 1 aliphatic rings. The number of hydrogen-bond donors (Lipinski definition) is 0. The maximum absolute atomic E-state index is 5.55. The number of para-hydroxylation sites is 2. The van der Waals surface area contributed by atoms with Crippen molar-refractivity contribution in [3.05, 3.63) is 139 Å². The molecule has 0 spiro atoms. The number of fused-ring (bicyclic) bond motifs is 5. The highest BCUT2D eigenvalue weighted by molar-refractivity contribution is 6.12. The Bertz CT molecular complexity index is 2260. The SMILES string of the molecule is c1ccc(-n2c(-c3nn4c(C5CC5)cc5ccccc5c4c3-c3cccc4ccccc34)cc3ccccc32)cc1. The lowest BCUT2D eigenvalue weighted by atomic mass is 9.94. The summed E-state index contributed by atoms with van der Waals surface area (Å²) in [4.78, 5) is 0. The van der Waals surface area contributed by atoms with Gasteiger partial charge in [0.1, 0.15) is 5.69 Å². The minimum atomic E-state index is 0.551. The molecule has 8 aromatic rings. The minimum absolute atomic E-state index is 0.551. The second kappa shape index (κ2) is 8.67. The van der Waals surface area contributed by atoms with Crippen molar-refractivity contribution in [3.8, 4) is 28.2 Å². The van der Waals surface area contributed by atoms with Crippen LogP contribution in [0.3, 0.4) is 0 Å². The van der Waals surface area contributed by atoms with E-state index in [0.717, 1.165) is 17.1 Å². The molecule has 3 heteroatoms. The molecule has 41 heavy (non-hydrogen) atoms. The highest BCUT2D eigenvalue weighted by Gasteiger charge is 2.31. The van der Waals surface area contributed by atoms with Crippen LogP contribution >= 0.6 is 0 Å². The summed E-state index contributed by atoms with van der Waals surface area (Å²) < 4.78 is 4.66. The first kappa shape index (κ1) is 22.6. The molecule has 0 radical (unpaired) electrons. The lowest BCUT2D eigenvalue weighted by Crippen LogP contribution is -1.99. The second-order valence-electron chi connectivity index (χ2n) is 11.2. The molecule has 0 amide bonds. The first-order valence-corrected chi connectivity index (χ1v) is 14.4. The van der Waals surface area contributed by atoms with E-state index in [1.807, 2.05) is 0 Å². The summed E-state index contributed by atoms with van der Waals surface area (Å²) in [5, 5.41) is 11.8. The van der Waals surface area contributed by atoms with Crippen molar-refractivity contribution in [3.63, 3.8) is 0 Å². The molecule has 0 aliphatic heterocycles. The Morgan fingerprint density at radius 3 is 2.10 bits per heavy atom. The van der Waals surface area contributed by atoms with Crippen molar-refractivity contribution in [1.82, 2.24) is 14.2 Å². The zero-order valence-corrected chi connectivity index (χ0v) is 22.5. The average Bonchev–Trinajstić information content (AvgIpc) is 3.69. The van der Waals surface area contributed by atoms with Gasteiger partial charge in [0, 0.05) is 33.6 Å². The second-order valence-corrected chi connectivity index (χ2v) is 11.2. The molecular weight excluding hydrogens is 498 g/mol. The lowest BCUT2D eigenvalue weighted by molar-refractivity contribution is 0.863. The molecule has 0 saturated heterocycles. The summed E-state index contributed by atoms with van der Waals surface area (Å²) in [6, 6.07) is 48.2. The number of aromatic nitrogens is 3. The Morgan fingerprint density at radius 1 is 0.585 bits per heavy atom. The van der Waals surface area contributed by atoms with Gasteiger partial charge in [-0.2, -0.15) is 5.10 Å². The largest absolute Gasteiger partial charge is 0.308 e. The van der Waals surface area contributed by atoms with Crippen molar-refractivity contribution in [2.75, 3.05) is 0 Å². The van der Waals surface area contributed by atoms with Crippen LogP contribution < -0.4 is 0 Å². The van der Waals surface area contributed by atoms with Crippen molar-refractivity contribution >= 4 is 38.0 Å². The summed E-state index contributed by atoms with van der Waals surface area (Å²) in [7, 11) is 0. The van der Waals surface area contributed by atoms with Crippen LogP contribution in [0.5, 0.6) is 0 Å². The zero-order valence-electron chi connectivity index (χ0n) is 22.5. The van der Waals surface area contributed by atoms with Crippen molar-refractivity contribution in [1.29, 1.82) is 0 Å². The van der Waals surface area contributed by atoms with Gasteiger partial charge in [-0.15, -0.1) is 0 Å². The van der Waals surface area contributed by atoms with Crippen LogP contribution in [-0.4, -0.2) is 14.2 Å². The van der Waals surface area contributed by atoms with E-state index in [9.17, 15) is 0 Å². The molecule has 0 unspecified atom stereocenters. The molecule has 3 heterocycles. The predicted molar refractivity (Wildman–Crippen MR) is 170 cm³/mol. The Kier molecular flexibility index (Phi) is 4.79. The Morgan fingerprint density at radius 2 is 1.27 bits per heavy atom. The van der Waals surface area contributed by atoms with Crippen LogP contribution in [0.2, 0.25) is 0 Å². The van der Waals surface area contributed by atoms with Crippen molar-refractivity contribution < 1.29 is 0 Å². The molecule has 9 rings (SSSR count). The molecule has 0 atom stereocenters. The fourth-order valence-corrected chi connectivity index (χ4v) is 6.64. The Labute approximate surface area is 237 Å². The first-order chi connectivity index (χ1) is 20.3. The molecule has 3 nitrogen and oxygen atoms in total. The fraction of sp³-hybridized carbons (Fsp3) is 0.0789. The van der Waals surface area contributed by atoms with Crippen LogP contribution in [-0.2, 0) is 0 Å². The summed E-state index contributed by atoms with van der Waals surface area (Å²) in [5.41, 5.74) is 9.36. The molecule has 194 valence electrons. The number of benzene rings is 5. The van der Waals surface area contributed by atoms with E-state index >= 15 is 0 Å². The van der Waals surface area contributed by atoms with E-state index in [1.165, 1.54) is 67.6 Å². The van der Waals surface area contributed by atoms with E-state index in [-0.39, 0.29) is 0 Å². The fourth-order valence-electron chi connectivity index (χ4n) is 6.64. The smallest absolute Gasteiger partial charge is 0.118 e. The van der Waals surface area contributed by atoms with E-state index in [0.29, 0.717) is 5.92 Å². The zero-order chi connectivity index (χ0) is 26.9. The molecule has 0 N–H and O–H groups in total. The highest BCUT2D eigenvalue weighted by Crippen LogP contribution is 2.47. The maximum atomic E-state index is 5.55. The Balaban J connectivity index is 1.50. The normalized spacial score (nSPS) is 13.6. The maximum Gasteiger partial charge on any atom is 0.118 e. The topological polar surface area (TPSA) is 22.2 Å². The van der Waals surface area contributed by atoms with Gasteiger partial charge in [-0.3, -0.25) is 0 Å².